The largest absolute Gasteiger partial charge is 0.396 e. The second kappa shape index (κ2) is 5.32. The predicted molar refractivity (Wildman–Crippen MR) is 75.9 cm³/mol. The SMILES string of the molecule is CC1(C)NC(=O)N(CCSc2ccc(N)c(F)c2)C1=O. The number of nitrogens with zero attached hydrogens (tertiary/aromatic N) is 1. The Morgan fingerprint density at radius 2 is 2.10 bits per heavy atom. The van der Waals surface area contributed by atoms with E-state index < -0.39 is 11.4 Å². The summed E-state index contributed by atoms with van der Waals surface area (Å²) in [4.78, 5) is 25.5. The van der Waals surface area contributed by atoms with Crippen molar-refractivity contribution in [2.45, 2.75) is 24.3 Å². The molecule has 1 aliphatic heterocycles. The molecule has 1 aromatic rings. The number of carbonyl (C=O) groups is 2. The van der Waals surface area contributed by atoms with Crippen LogP contribution >= 0.6 is 11.8 Å². The molecule has 0 radical (unpaired) electrons. The van der Waals surface area contributed by atoms with E-state index in [0.717, 1.165) is 0 Å². The van der Waals surface area contributed by atoms with E-state index in [9.17, 15) is 14.0 Å². The van der Waals surface area contributed by atoms with Crippen LogP contribution in [0.3, 0.4) is 0 Å². The number of nitrogens with one attached hydrogen (secondary N) is 1. The van der Waals surface area contributed by atoms with Crippen molar-refractivity contribution < 1.29 is 14.0 Å². The minimum absolute atomic E-state index is 0.102. The van der Waals surface area contributed by atoms with Crippen LogP contribution in [0.2, 0.25) is 0 Å². The molecule has 3 N–H and O–H groups in total. The van der Waals surface area contributed by atoms with Crippen LogP contribution in [0.15, 0.2) is 23.1 Å². The van der Waals surface area contributed by atoms with Gasteiger partial charge < -0.3 is 11.1 Å². The van der Waals surface area contributed by atoms with Crippen LogP contribution in [-0.2, 0) is 4.79 Å². The third kappa shape index (κ3) is 2.87. The number of benzene rings is 1. The third-order valence-electron chi connectivity index (χ3n) is 3.00. The first-order chi connectivity index (χ1) is 9.31. The molecule has 0 unspecified atom stereocenters. The predicted octanol–water partition coefficient (Wildman–Crippen LogP) is 1.83. The normalized spacial score (nSPS) is 17.4. The number of urea groups is 1. The first-order valence-corrected chi connectivity index (χ1v) is 7.12. The molecule has 1 saturated heterocycles. The lowest BCUT2D eigenvalue weighted by Gasteiger charge is -2.15. The fraction of sp³-hybridized carbons (Fsp3) is 0.385. The molecule has 0 aromatic heterocycles. The van der Waals surface area contributed by atoms with Crippen LogP contribution in [0.1, 0.15) is 13.8 Å². The maximum atomic E-state index is 13.3. The Kier molecular flexibility index (Phi) is 3.89. The van der Waals surface area contributed by atoms with Crippen LogP contribution in [-0.4, -0.2) is 34.7 Å². The number of anilines is 1. The first-order valence-electron chi connectivity index (χ1n) is 6.13. The summed E-state index contributed by atoms with van der Waals surface area (Å²) in [7, 11) is 0. The molecule has 7 heteroatoms. The van der Waals surface area contributed by atoms with Crippen LogP contribution in [0, 0.1) is 5.82 Å². The van der Waals surface area contributed by atoms with Gasteiger partial charge in [-0.3, -0.25) is 9.69 Å². The number of amides is 3. The van der Waals surface area contributed by atoms with Crippen LogP contribution in [0.25, 0.3) is 0 Å². The monoisotopic (exact) mass is 297 g/mol. The maximum Gasteiger partial charge on any atom is 0.325 e. The van der Waals surface area contributed by atoms with Gasteiger partial charge >= 0.3 is 6.03 Å². The van der Waals surface area contributed by atoms with Crippen molar-refractivity contribution >= 4 is 29.4 Å². The van der Waals surface area contributed by atoms with Gasteiger partial charge in [0.05, 0.1) is 5.69 Å². The van der Waals surface area contributed by atoms with Crippen LogP contribution in [0.4, 0.5) is 14.9 Å². The van der Waals surface area contributed by atoms with Crippen molar-refractivity contribution in [3.8, 4) is 0 Å². The van der Waals surface area contributed by atoms with E-state index in [1.807, 2.05) is 0 Å². The van der Waals surface area contributed by atoms with E-state index in [0.29, 0.717) is 10.6 Å². The Labute approximate surface area is 120 Å². The van der Waals surface area contributed by atoms with Crippen molar-refractivity contribution in [3.63, 3.8) is 0 Å². The molecule has 5 nitrogen and oxygen atoms in total. The smallest absolute Gasteiger partial charge is 0.325 e. The summed E-state index contributed by atoms with van der Waals surface area (Å²) in [6.45, 7) is 3.61. The molecule has 1 fully saturated rings. The zero-order chi connectivity index (χ0) is 14.9. The van der Waals surface area contributed by atoms with Gasteiger partial charge in [-0.15, -0.1) is 11.8 Å². The van der Waals surface area contributed by atoms with Gasteiger partial charge in [0.2, 0.25) is 0 Å². The van der Waals surface area contributed by atoms with Gasteiger partial charge in [-0.2, -0.15) is 0 Å². The van der Waals surface area contributed by atoms with Gasteiger partial charge in [-0.1, -0.05) is 0 Å². The molecular weight excluding hydrogens is 281 g/mol. The van der Waals surface area contributed by atoms with Crippen molar-refractivity contribution in [3.05, 3.63) is 24.0 Å². The lowest BCUT2D eigenvalue weighted by molar-refractivity contribution is -0.130. The number of nitrogen functional groups attached to an aromatic ring is 1. The molecule has 1 aliphatic rings. The Morgan fingerprint density at radius 3 is 2.65 bits per heavy atom. The molecule has 0 spiro atoms. The van der Waals surface area contributed by atoms with E-state index in [2.05, 4.69) is 5.32 Å². The van der Waals surface area contributed by atoms with Gasteiger partial charge in [0.25, 0.3) is 5.91 Å². The van der Waals surface area contributed by atoms with Gasteiger partial charge in [0, 0.05) is 17.2 Å². The molecule has 3 amide bonds. The minimum atomic E-state index is -0.852. The number of imide groups is 1. The van der Waals surface area contributed by atoms with Gasteiger partial charge in [0.1, 0.15) is 11.4 Å². The Hall–Kier alpha value is -1.76. The van der Waals surface area contributed by atoms with Crippen molar-refractivity contribution in [1.29, 1.82) is 0 Å². The highest BCUT2D eigenvalue weighted by Crippen LogP contribution is 2.23. The summed E-state index contributed by atoms with van der Waals surface area (Å²) in [6.07, 6.45) is 0. The molecule has 0 bridgehead atoms. The summed E-state index contributed by atoms with van der Waals surface area (Å²) < 4.78 is 13.3. The van der Waals surface area contributed by atoms with Gasteiger partial charge in [-0.05, 0) is 32.0 Å². The Morgan fingerprint density at radius 1 is 1.40 bits per heavy atom. The molecule has 2 rings (SSSR count). The van der Waals surface area contributed by atoms with Gasteiger partial charge in [0.15, 0.2) is 0 Å². The van der Waals surface area contributed by atoms with E-state index in [1.165, 1.54) is 28.8 Å². The number of carbonyl (C=O) groups excluding carboxylic acids is 2. The standard InChI is InChI=1S/C13H16FN3O2S/c1-13(2)11(18)17(12(19)16-13)5-6-20-8-3-4-10(15)9(14)7-8/h3-4,7H,5-6,15H2,1-2H3,(H,16,19). The van der Waals surface area contributed by atoms with Crippen LogP contribution < -0.4 is 11.1 Å². The highest BCUT2D eigenvalue weighted by molar-refractivity contribution is 7.99. The second-order valence-corrected chi connectivity index (χ2v) is 6.21. The van der Waals surface area contributed by atoms with Crippen molar-refractivity contribution in [2.24, 2.45) is 0 Å². The average molecular weight is 297 g/mol. The number of halogens is 1. The topological polar surface area (TPSA) is 75.4 Å². The summed E-state index contributed by atoms with van der Waals surface area (Å²) in [5.41, 5.74) is 4.64. The summed E-state index contributed by atoms with van der Waals surface area (Å²) >= 11 is 1.36. The fourth-order valence-electron chi connectivity index (χ4n) is 1.87. The Balaban J connectivity index is 1.92. The molecule has 1 aromatic carbocycles. The molecule has 20 heavy (non-hydrogen) atoms. The minimum Gasteiger partial charge on any atom is -0.396 e. The maximum absolute atomic E-state index is 13.3. The molecule has 0 atom stereocenters. The van der Waals surface area contributed by atoms with Crippen molar-refractivity contribution in [1.82, 2.24) is 10.2 Å². The highest BCUT2D eigenvalue weighted by atomic mass is 32.2. The Bertz CT molecular complexity index is 563. The molecule has 0 aliphatic carbocycles. The zero-order valence-electron chi connectivity index (χ0n) is 11.3. The summed E-state index contributed by atoms with van der Waals surface area (Å²) in [5.74, 6) is -0.212. The van der Waals surface area contributed by atoms with E-state index >= 15 is 0 Å². The van der Waals surface area contributed by atoms with E-state index in [4.69, 9.17) is 5.73 Å². The van der Waals surface area contributed by atoms with Crippen molar-refractivity contribution in [2.75, 3.05) is 18.0 Å². The molecule has 108 valence electrons. The molecular formula is C13H16FN3O2S. The number of rotatable bonds is 4. The number of nitrogens with two attached hydrogens (primary N) is 1. The average Bonchev–Trinajstić information content (AvgIpc) is 2.55. The zero-order valence-corrected chi connectivity index (χ0v) is 12.1. The fourth-order valence-corrected chi connectivity index (χ4v) is 2.73. The van der Waals surface area contributed by atoms with E-state index in [1.54, 1.807) is 19.9 Å². The number of hydrogen-bond donors (Lipinski definition) is 2. The lowest BCUT2D eigenvalue weighted by atomic mass is 10.1. The first kappa shape index (κ1) is 14.6. The third-order valence-corrected chi connectivity index (χ3v) is 3.97. The van der Waals surface area contributed by atoms with E-state index in [-0.39, 0.29) is 24.2 Å². The number of thioether (sulfide) groups is 1. The van der Waals surface area contributed by atoms with Gasteiger partial charge in [-0.25, -0.2) is 9.18 Å². The summed E-state index contributed by atoms with van der Waals surface area (Å²) in [5, 5.41) is 2.61. The lowest BCUT2D eigenvalue weighted by Crippen LogP contribution is -2.40. The second-order valence-electron chi connectivity index (χ2n) is 5.04. The quantitative estimate of drug-likeness (QED) is 0.505. The molecule has 0 saturated carbocycles. The highest BCUT2D eigenvalue weighted by Gasteiger charge is 2.43. The summed E-state index contributed by atoms with van der Waals surface area (Å²) in [6, 6.07) is 4.16. The molecule has 1 heterocycles. The number of hydrogen-bond acceptors (Lipinski definition) is 4. The van der Waals surface area contributed by atoms with Crippen LogP contribution in [0.5, 0.6) is 0 Å².